The van der Waals surface area contributed by atoms with Crippen LogP contribution in [0.25, 0.3) is 11.1 Å². The summed E-state index contributed by atoms with van der Waals surface area (Å²) in [4.78, 5) is 0. The van der Waals surface area contributed by atoms with Gasteiger partial charge in [0.05, 0.1) is 0 Å². The smallest absolute Gasteiger partial charge is 0.130 e. The Morgan fingerprint density at radius 3 is 1.52 bits per heavy atom. The van der Waals surface area contributed by atoms with Crippen LogP contribution in [-0.4, -0.2) is 8.07 Å². The minimum atomic E-state index is -2.07. The zero-order valence-corrected chi connectivity index (χ0v) is 16.1. The summed E-state index contributed by atoms with van der Waals surface area (Å²) in [5.74, 6) is -0.256. The van der Waals surface area contributed by atoms with E-state index in [0.717, 1.165) is 46.2 Å². The number of rotatable bonds is 2. The standard InChI is InChI=1S/C22H22F2Si/c1-13-5-7-15-19(11-9-17(23)21(13)15)25(3,4)20-12-10-18(24)22-14(2)6-8-16(20)22/h5-6,9-12H,7-8H2,1-4H3. The van der Waals surface area contributed by atoms with Crippen molar-refractivity contribution < 1.29 is 8.78 Å². The van der Waals surface area contributed by atoms with Crippen molar-refractivity contribution >= 4 is 29.6 Å². The second kappa shape index (κ2) is 5.50. The number of benzene rings is 2. The Kier molecular flexibility index (Phi) is 3.62. The second-order valence-electron chi connectivity index (χ2n) is 7.70. The molecule has 0 saturated heterocycles. The van der Waals surface area contributed by atoms with Crippen LogP contribution in [0.15, 0.2) is 36.4 Å². The number of allylic oxidation sites excluding steroid dienone is 4. The zero-order valence-electron chi connectivity index (χ0n) is 15.1. The summed E-state index contributed by atoms with van der Waals surface area (Å²) in [6.45, 7) is 8.57. The van der Waals surface area contributed by atoms with Gasteiger partial charge in [-0.1, -0.05) is 47.8 Å². The molecular weight excluding hydrogens is 330 g/mol. The minimum absolute atomic E-state index is 0.128. The normalized spacial score (nSPS) is 15.8. The first-order valence-electron chi connectivity index (χ1n) is 8.80. The van der Waals surface area contributed by atoms with Gasteiger partial charge in [0.2, 0.25) is 0 Å². The monoisotopic (exact) mass is 352 g/mol. The Morgan fingerprint density at radius 1 is 0.720 bits per heavy atom. The second-order valence-corrected chi connectivity index (χ2v) is 12.0. The van der Waals surface area contributed by atoms with Crippen LogP contribution >= 0.6 is 0 Å². The fraction of sp³-hybridized carbons (Fsp3) is 0.273. The number of hydrogen-bond donors (Lipinski definition) is 0. The Labute approximate surface area is 148 Å². The van der Waals surface area contributed by atoms with Crippen LogP contribution in [0.3, 0.4) is 0 Å². The first kappa shape index (κ1) is 16.5. The largest absolute Gasteiger partial charge is 0.206 e. The first-order chi connectivity index (χ1) is 11.8. The lowest BCUT2D eigenvalue weighted by Crippen LogP contribution is -2.55. The molecule has 0 radical (unpaired) electrons. The van der Waals surface area contributed by atoms with Gasteiger partial charge in [0, 0.05) is 11.1 Å². The molecule has 0 atom stereocenters. The molecule has 0 nitrogen and oxygen atoms in total. The van der Waals surface area contributed by atoms with Gasteiger partial charge in [-0.15, -0.1) is 0 Å². The average Bonchev–Trinajstić information content (AvgIpc) is 3.13. The third kappa shape index (κ3) is 2.29. The van der Waals surface area contributed by atoms with Crippen LogP contribution in [0.2, 0.25) is 13.1 Å². The fourth-order valence-electron chi connectivity index (χ4n) is 4.55. The number of fused-ring (bicyclic) bond motifs is 2. The average molecular weight is 353 g/mol. The Bertz CT molecular complexity index is 887. The molecule has 3 heteroatoms. The van der Waals surface area contributed by atoms with E-state index in [1.165, 1.54) is 10.4 Å². The van der Waals surface area contributed by atoms with Gasteiger partial charge in [0.15, 0.2) is 0 Å². The van der Waals surface area contributed by atoms with Gasteiger partial charge in [-0.3, -0.25) is 0 Å². The van der Waals surface area contributed by atoms with Crippen molar-refractivity contribution in [2.24, 2.45) is 0 Å². The zero-order chi connectivity index (χ0) is 17.9. The van der Waals surface area contributed by atoms with Crippen LogP contribution < -0.4 is 10.4 Å². The Morgan fingerprint density at radius 2 is 1.12 bits per heavy atom. The molecule has 0 spiro atoms. The predicted octanol–water partition coefficient (Wildman–Crippen LogP) is 4.71. The molecule has 0 heterocycles. The molecule has 0 saturated carbocycles. The molecular formula is C22H22F2Si. The van der Waals surface area contributed by atoms with E-state index < -0.39 is 8.07 Å². The third-order valence-corrected chi connectivity index (χ3v) is 9.51. The fourth-order valence-corrected chi connectivity index (χ4v) is 7.80. The highest BCUT2D eigenvalue weighted by molar-refractivity contribution is 7.01. The van der Waals surface area contributed by atoms with Crippen molar-refractivity contribution in [3.8, 4) is 0 Å². The molecule has 0 aromatic heterocycles. The molecule has 0 N–H and O–H groups in total. The molecule has 0 amide bonds. The van der Waals surface area contributed by atoms with Crippen molar-refractivity contribution in [3.05, 3.63) is 70.3 Å². The summed E-state index contributed by atoms with van der Waals surface area (Å²) in [6, 6.07) is 7.16. The molecule has 2 aromatic carbocycles. The lowest BCUT2D eigenvalue weighted by Gasteiger charge is -2.29. The molecule has 4 rings (SSSR count). The lowest BCUT2D eigenvalue weighted by molar-refractivity contribution is 0.623. The number of hydrogen-bond acceptors (Lipinski definition) is 0. The summed E-state index contributed by atoms with van der Waals surface area (Å²) >= 11 is 0. The maximum atomic E-state index is 14.4. The van der Waals surface area contributed by atoms with E-state index in [0.29, 0.717) is 0 Å². The van der Waals surface area contributed by atoms with Crippen molar-refractivity contribution in [3.63, 3.8) is 0 Å². The van der Waals surface area contributed by atoms with Crippen molar-refractivity contribution in [1.29, 1.82) is 0 Å². The van der Waals surface area contributed by atoms with Gasteiger partial charge < -0.3 is 0 Å². The summed E-state index contributed by atoms with van der Waals surface area (Å²) < 4.78 is 28.7. The van der Waals surface area contributed by atoms with Crippen LogP contribution in [-0.2, 0) is 12.8 Å². The maximum absolute atomic E-state index is 14.4. The molecule has 128 valence electrons. The lowest BCUT2D eigenvalue weighted by atomic mass is 10.1. The van der Waals surface area contributed by atoms with E-state index >= 15 is 0 Å². The number of halogens is 2. The van der Waals surface area contributed by atoms with Crippen molar-refractivity contribution in [2.45, 2.75) is 39.8 Å². The molecule has 0 bridgehead atoms. The minimum Gasteiger partial charge on any atom is -0.206 e. The van der Waals surface area contributed by atoms with Gasteiger partial charge >= 0.3 is 0 Å². The molecule has 25 heavy (non-hydrogen) atoms. The molecule has 0 fully saturated rings. The van der Waals surface area contributed by atoms with Crippen LogP contribution in [0.1, 0.15) is 36.1 Å². The maximum Gasteiger partial charge on any atom is 0.130 e. The topological polar surface area (TPSA) is 0 Å². The van der Waals surface area contributed by atoms with E-state index in [1.54, 1.807) is 12.1 Å². The van der Waals surface area contributed by atoms with Crippen LogP contribution in [0, 0.1) is 11.6 Å². The highest BCUT2D eigenvalue weighted by Gasteiger charge is 2.35. The molecule has 2 aliphatic rings. The summed E-state index contributed by atoms with van der Waals surface area (Å²) in [7, 11) is -2.07. The Balaban J connectivity index is 1.92. The van der Waals surface area contributed by atoms with Crippen molar-refractivity contribution in [2.75, 3.05) is 0 Å². The third-order valence-electron chi connectivity index (χ3n) is 5.88. The van der Waals surface area contributed by atoms with Gasteiger partial charge in [0.25, 0.3) is 0 Å². The quantitative estimate of drug-likeness (QED) is 0.687. The molecule has 2 aliphatic carbocycles. The molecule has 0 unspecified atom stereocenters. The van der Waals surface area contributed by atoms with E-state index in [2.05, 4.69) is 25.2 Å². The summed E-state index contributed by atoms with van der Waals surface area (Å²) in [5.41, 5.74) is 5.89. The summed E-state index contributed by atoms with van der Waals surface area (Å²) in [6.07, 6.45) is 5.82. The summed E-state index contributed by atoms with van der Waals surface area (Å²) in [5, 5.41) is 2.55. The highest BCUT2D eigenvalue weighted by Crippen LogP contribution is 2.32. The van der Waals surface area contributed by atoms with E-state index in [9.17, 15) is 8.78 Å². The first-order valence-corrected chi connectivity index (χ1v) is 11.8. The van der Waals surface area contributed by atoms with Crippen LogP contribution in [0.5, 0.6) is 0 Å². The van der Waals surface area contributed by atoms with Gasteiger partial charge in [-0.05, 0) is 61.1 Å². The molecule has 2 aromatic rings. The van der Waals surface area contributed by atoms with Gasteiger partial charge in [-0.2, -0.15) is 0 Å². The molecule has 0 aliphatic heterocycles. The van der Waals surface area contributed by atoms with Crippen LogP contribution in [0.4, 0.5) is 8.78 Å². The van der Waals surface area contributed by atoms with E-state index in [-0.39, 0.29) is 11.6 Å². The Hall–Kier alpha value is -2.00. The van der Waals surface area contributed by atoms with Gasteiger partial charge in [-0.25, -0.2) is 8.78 Å². The van der Waals surface area contributed by atoms with Gasteiger partial charge in [0.1, 0.15) is 19.7 Å². The van der Waals surface area contributed by atoms with Crippen molar-refractivity contribution in [1.82, 2.24) is 0 Å². The van der Waals surface area contributed by atoms with E-state index in [1.807, 2.05) is 26.0 Å². The highest BCUT2D eigenvalue weighted by atomic mass is 28.3. The SMILES string of the molecule is CC1=CCc2c([Si](C)(C)c3ccc(F)c4c3CC=C4C)ccc(F)c21. The van der Waals surface area contributed by atoms with E-state index in [4.69, 9.17) is 0 Å². The predicted molar refractivity (Wildman–Crippen MR) is 104 cm³/mol.